The Hall–Kier alpha value is -2.23. The van der Waals surface area contributed by atoms with Gasteiger partial charge in [-0.2, -0.15) is 0 Å². The van der Waals surface area contributed by atoms with E-state index in [1.807, 2.05) is 30.3 Å². The van der Waals surface area contributed by atoms with Crippen molar-refractivity contribution in [1.82, 2.24) is 9.55 Å². The largest absolute Gasteiger partial charge is 0.476 e. The zero-order chi connectivity index (χ0) is 29.6. The van der Waals surface area contributed by atoms with E-state index in [1.54, 1.807) is 34.6 Å². The molecule has 14 nitrogen and oxygen atoms in total. The van der Waals surface area contributed by atoms with Crippen LogP contribution in [0, 0.1) is 6.92 Å². The summed E-state index contributed by atoms with van der Waals surface area (Å²) in [7, 11) is -4.24. The molecule has 228 valence electrons. The number of fused-ring (bicyclic) bond motifs is 4. The SMILES string of the molecule is Cc1cn([C@@H]2O[C@H](CO[P@@]3(=O)O[C@@H]4[C@H]5OC(C)(C)O[C@H]5O[C@@H]4[C@H](c4ccccc4)O3)[C@H]3OC(C)(C)O[C@H]32)c(=O)[nH]c1=O. The molecule has 0 radical (unpaired) electrons. The van der Waals surface area contributed by atoms with Crippen molar-refractivity contribution < 1.29 is 46.6 Å². The van der Waals surface area contributed by atoms with Gasteiger partial charge in [0, 0.05) is 11.8 Å². The highest BCUT2D eigenvalue weighted by Gasteiger charge is 2.63. The number of H-pyrrole nitrogens is 1. The summed E-state index contributed by atoms with van der Waals surface area (Å²) in [4.78, 5) is 26.9. The summed E-state index contributed by atoms with van der Waals surface area (Å²) in [5.41, 5.74) is -0.118. The molecule has 2 aromatic rings. The molecule has 42 heavy (non-hydrogen) atoms. The minimum Gasteiger partial charge on any atom is -0.346 e. The van der Waals surface area contributed by atoms with Crippen LogP contribution < -0.4 is 11.2 Å². The maximum absolute atomic E-state index is 14.1. The van der Waals surface area contributed by atoms with Gasteiger partial charge in [-0.1, -0.05) is 30.3 Å². The summed E-state index contributed by atoms with van der Waals surface area (Å²) in [5.74, 6) is -1.91. The molecule has 0 amide bonds. The fourth-order valence-corrected chi connectivity index (χ4v) is 7.71. The summed E-state index contributed by atoms with van der Waals surface area (Å²) in [6, 6.07) is 9.22. The van der Waals surface area contributed by atoms with Gasteiger partial charge in [0.25, 0.3) is 5.56 Å². The summed E-state index contributed by atoms with van der Waals surface area (Å²) in [6.45, 7) is 8.31. The lowest BCUT2D eigenvalue weighted by atomic mass is 9.99. The monoisotopic (exact) mass is 608 g/mol. The smallest absolute Gasteiger partial charge is 0.346 e. The van der Waals surface area contributed by atoms with Crippen molar-refractivity contribution in [2.45, 2.75) is 101 Å². The lowest BCUT2D eigenvalue weighted by Gasteiger charge is -2.38. The molecule has 5 saturated heterocycles. The molecule has 0 unspecified atom stereocenters. The van der Waals surface area contributed by atoms with Crippen LogP contribution in [0.25, 0.3) is 0 Å². The van der Waals surface area contributed by atoms with Gasteiger partial charge in [0.2, 0.25) is 0 Å². The standard InChI is InChI=1S/C27H33N2O12P/c1-13-11-29(25(31)28-22(13)30)23-20-17(36-26(2,3)37-20)15(34-23)12-33-42(32)40-16(14-9-7-6-8-10-14)18-19(41-42)21-24(35-18)39-27(4,5)38-21/h6-11,15-21,23-24H,12H2,1-5H3,(H,28,30,31)/t15-,16+,17-,18-,19+,20-,21-,23-,24-,42-/m1/s1. The van der Waals surface area contributed by atoms with Crippen molar-refractivity contribution >= 4 is 7.82 Å². The molecule has 1 aromatic carbocycles. The number of nitrogens with zero attached hydrogens (tertiary/aromatic N) is 1. The van der Waals surface area contributed by atoms with Gasteiger partial charge in [-0.25, -0.2) is 9.36 Å². The van der Waals surface area contributed by atoms with Gasteiger partial charge in [0.05, 0.1) is 6.61 Å². The number of aromatic amines is 1. The van der Waals surface area contributed by atoms with Crippen LogP contribution in [-0.2, 0) is 46.6 Å². The number of nitrogens with one attached hydrogen (secondary N) is 1. The third-order valence-corrected chi connectivity index (χ3v) is 9.34. The fourth-order valence-electron chi connectivity index (χ4n) is 6.15. The predicted molar refractivity (Wildman–Crippen MR) is 141 cm³/mol. The third kappa shape index (κ3) is 4.93. The first-order valence-electron chi connectivity index (χ1n) is 13.8. The van der Waals surface area contributed by atoms with E-state index in [0.717, 1.165) is 5.56 Å². The fraction of sp³-hybridized carbons (Fsp3) is 0.630. The van der Waals surface area contributed by atoms with Crippen LogP contribution in [0.2, 0.25) is 0 Å². The lowest BCUT2D eigenvalue weighted by molar-refractivity contribution is -0.232. The molecule has 1 N–H and O–H groups in total. The molecule has 0 aliphatic carbocycles. The van der Waals surface area contributed by atoms with E-state index in [2.05, 4.69) is 4.98 Å². The number of phosphoric acid groups is 1. The predicted octanol–water partition coefficient (Wildman–Crippen LogP) is 2.42. The highest BCUT2D eigenvalue weighted by molar-refractivity contribution is 7.48. The number of hydrogen-bond acceptors (Lipinski definition) is 12. The van der Waals surface area contributed by atoms with Crippen molar-refractivity contribution in [3.05, 3.63) is 68.5 Å². The summed E-state index contributed by atoms with van der Waals surface area (Å²) < 4.78 is 69.7. The number of hydrogen-bond donors (Lipinski definition) is 1. The molecular formula is C27H33N2O12P. The van der Waals surface area contributed by atoms with E-state index < -0.39 is 85.9 Å². The van der Waals surface area contributed by atoms with E-state index in [4.69, 9.17) is 42.0 Å². The van der Waals surface area contributed by atoms with Crippen LogP contribution in [0.15, 0.2) is 46.1 Å². The molecule has 5 fully saturated rings. The minimum absolute atomic E-state index is 0.276. The van der Waals surface area contributed by atoms with Crippen molar-refractivity contribution in [3.63, 3.8) is 0 Å². The maximum Gasteiger partial charge on any atom is 0.476 e. The molecule has 1 aromatic heterocycles. The number of rotatable bonds is 5. The summed E-state index contributed by atoms with van der Waals surface area (Å²) in [5, 5.41) is 0. The molecular weight excluding hydrogens is 575 g/mol. The van der Waals surface area contributed by atoms with Crippen molar-refractivity contribution in [2.24, 2.45) is 0 Å². The Kier molecular flexibility index (Phi) is 6.72. The maximum atomic E-state index is 14.1. The molecule has 15 heteroatoms. The number of benzene rings is 1. The average molecular weight is 609 g/mol. The van der Waals surface area contributed by atoms with E-state index >= 15 is 0 Å². The Morgan fingerprint density at radius 1 is 0.881 bits per heavy atom. The summed E-state index contributed by atoms with van der Waals surface area (Å²) >= 11 is 0. The molecule has 0 bridgehead atoms. The number of aryl methyl sites for hydroxylation is 1. The quantitative estimate of drug-likeness (QED) is 0.496. The Bertz CT molecular complexity index is 1520. The second-order valence-electron chi connectivity index (χ2n) is 11.9. The molecule has 7 rings (SSSR count). The lowest BCUT2D eigenvalue weighted by Crippen LogP contribution is -2.43. The van der Waals surface area contributed by atoms with Crippen molar-refractivity contribution in [1.29, 1.82) is 0 Å². The van der Waals surface area contributed by atoms with Crippen LogP contribution in [0.5, 0.6) is 0 Å². The topological polar surface area (TPSA) is 155 Å². The van der Waals surface area contributed by atoms with E-state index in [9.17, 15) is 14.2 Å². The van der Waals surface area contributed by atoms with E-state index in [1.165, 1.54) is 10.8 Å². The van der Waals surface area contributed by atoms with Crippen molar-refractivity contribution in [2.75, 3.05) is 6.61 Å². The Morgan fingerprint density at radius 3 is 2.33 bits per heavy atom. The van der Waals surface area contributed by atoms with E-state index in [-0.39, 0.29) is 6.61 Å². The van der Waals surface area contributed by atoms with Gasteiger partial charge in [0.1, 0.15) is 42.7 Å². The first kappa shape index (κ1) is 28.5. The second kappa shape index (κ2) is 9.89. The van der Waals surface area contributed by atoms with Gasteiger partial charge >= 0.3 is 13.5 Å². The number of aromatic nitrogens is 2. The Balaban J connectivity index is 1.15. The number of phosphoric ester groups is 1. The highest BCUT2D eigenvalue weighted by Crippen LogP contribution is 2.63. The third-order valence-electron chi connectivity index (χ3n) is 7.89. The summed E-state index contributed by atoms with van der Waals surface area (Å²) in [6.07, 6.45) is -5.44. The van der Waals surface area contributed by atoms with Gasteiger partial charge in [-0.15, -0.1) is 0 Å². The van der Waals surface area contributed by atoms with Crippen LogP contribution in [0.1, 0.15) is 51.2 Å². The molecule has 0 saturated carbocycles. The van der Waals surface area contributed by atoms with Gasteiger partial charge in [-0.05, 0) is 40.2 Å². The van der Waals surface area contributed by atoms with Gasteiger partial charge in [-0.3, -0.25) is 27.9 Å². The Morgan fingerprint density at radius 2 is 1.57 bits per heavy atom. The van der Waals surface area contributed by atoms with Crippen LogP contribution >= 0.6 is 7.82 Å². The highest BCUT2D eigenvalue weighted by atomic mass is 31.2. The molecule has 10 atom stereocenters. The van der Waals surface area contributed by atoms with Crippen LogP contribution in [0.4, 0.5) is 0 Å². The Labute approximate surface area is 240 Å². The zero-order valence-corrected chi connectivity index (χ0v) is 24.6. The normalized spacial score (nSPS) is 41.4. The minimum atomic E-state index is -4.24. The molecule has 0 spiro atoms. The number of ether oxygens (including phenoxy) is 6. The zero-order valence-electron chi connectivity index (χ0n) is 23.7. The molecule has 5 aliphatic rings. The van der Waals surface area contributed by atoms with Crippen molar-refractivity contribution in [3.8, 4) is 0 Å². The van der Waals surface area contributed by atoms with Crippen LogP contribution in [-0.4, -0.2) is 70.6 Å². The van der Waals surface area contributed by atoms with Crippen LogP contribution in [0.3, 0.4) is 0 Å². The molecule has 6 heterocycles. The second-order valence-corrected chi connectivity index (χ2v) is 13.5. The van der Waals surface area contributed by atoms with Gasteiger partial charge < -0.3 is 28.4 Å². The first-order valence-corrected chi connectivity index (χ1v) is 15.3. The van der Waals surface area contributed by atoms with Gasteiger partial charge in [0.15, 0.2) is 24.1 Å². The van der Waals surface area contributed by atoms with E-state index in [0.29, 0.717) is 5.56 Å². The molecule has 5 aliphatic heterocycles. The first-order chi connectivity index (χ1) is 19.8. The average Bonchev–Trinajstić information content (AvgIpc) is 3.61.